The Morgan fingerprint density at radius 3 is 2.60 bits per heavy atom. The van der Waals surface area contributed by atoms with Gasteiger partial charge in [-0.15, -0.1) is 0 Å². The molecule has 1 rings (SSSR count). The first-order valence-corrected chi connectivity index (χ1v) is 3.21. The molecule has 10 heavy (non-hydrogen) atoms. The molecule has 1 N–H and O–H groups in total. The lowest BCUT2D eigenvalue weighted by molar-refractivity contribution is 0.478. The lowest BCUT2D eigenvalue weighted by atomic mass is 10.1. The van der Waals surface area contributed by atoms with Crippen molar-refractivity contribution in [2.75, 3.05) is 0 Å². The molecule has 0 atom stereocenters. The van der Waals surface area contributed by atoms with Crippen LogP contribution in [0.5, 0.6) is 0 Å². The van der Waals surface area contributed by atoms with Gasteiger partial charge in [0.15, 0.2) is 0 Å². The van der Waals surface area contributed by atoms with Gasteiger partial charge in [0.05, 0.1) is 6.26 Å². The fourth-order valence-electron chi connectivity index (χ4n) is 0.854. The summed E-state index contributed by atoms with van der Waals surface area (Å²) in [5, 5.41) is 8.46. The minimum absolute atomic E-state index is 1.06. The molecular weight excluding hydrogens is 124 g/mol. The highest BCUT2D eigenvalue weighted by Gasteiger charge is 1.88. The molecule has 52 valence electrons. The van der Waals surface area contributed by atoms with Crippen LogP contribution in [0.4, 0.5) is 0 Å². The summed E-state index contributed by atoms with van der Waals surface area (Å²) in [4.78, 5) is 0. The van der Waals surface area contributed by atoms with Crippen molar-refractivity contribution in [3.05, 3.63) is 41.7 Å². The molecule has 0 aliphatic carbocycles. The van der Waals surface area contributed by atoms with Gasteiger partial charge in [-0.1, -0.05) is 24.3 Å². The second-order valence-electron chi connectivity index (χ2n) is 2.17. The van der Waals surface area contributed by atoms with Crippen LogP contribution in [0.2, 0.25) is 0 Å². The van der Waals surface area contributed by atoms with Crippen molar-refractivity contribution in [3.8, 4) is 0 Å². The normalized spacial score (nSPS) is 10.5. The molecule has 1 aromatic rings. The lowest BCUT2D eigenvalue weighted by Crippen LogP contribution is -1.76. The Balaban J connectivity index is 3.03. The Morgan fingerprint density at radius 1 is 1.30 bits per heavy atom. The summed E-state index contributed by atoms with van der Waals surface area (Å²) in [5.41, 5.74) is 2.23. The Kier molecular flexibility index (Phi) is 2.11. The summed E-state index contributed by atoms with van der Waals surface area (Å²) in [5.74, 6) is 0. The van der Waals surface area contributed by atoms with E-state index in [2.05, 4.69) is 0 Å². The van der Waals surface area contributed by atoms with Gasteiger partial charge >= 0.3 is 0 Å². The highest BCUT2D eigenvalue weighted by Crippen LogP contribution is 2.07. The SMILES string of the molecule is Cc1ccccc1/C=C\O. The quantitative estimate of drug-likeness (QED) is 0.585. The summed E-state index contributed by atoms with van der Waals surface area (Å²) < 4.78 is 0. The zero-order chi connectivity index (χ0) is 7.40. The number of benzene rings is 1. The van der Waals surface area contributed by atoms with Crippen molar-refractivity contribution < 1.29 is 5.11 Å². The summed E-state index contributed by atoms with van der Waals surface area (Å²) in [6.45, 7) is 2.01. The molecule has 1 aromatic carbocycles. The first kappa shape index (κ1) is 6.87. The van der Waals surface area contributed by atoms with Crippen molar-refractivity contribution in [1.29, 1.82) is 0 Å². The molecule has 0 aliphatic heterocycles. The van der Waals surface area contributed by atoms with Gasteiger partial charge in [-0.05, 0) is 24.1 Å². The fraction of sp³-hybridized carbons (Fsp3) is 0.111. The van der Waals surface area contributed by atoms with E-state index in [0.29, 0.717) is 0 Å². The standard InChI is InChI=1S/C9H10O/c1-8-4-2-3-5-9(8)6-7-10/h2-7,10H,1H3/b7-6-. The highest BCUT2D eigenvalue weighted by molar-refractivity contribution is 5.51. The number of aliphatic hydroxyl groups is 1. The van der Waals surface area contributed by atoms with Crippen molar-refractivity contribution in [3.63, 3.8) is 0 Å². The second-order valence-corrected chi connectivity index (χ2v) is 2.17. The molecular formula is C9H10O. The predicted octanol–water partition coefficient (Wildman–Crippen LogP) is 2.52. The van der Waals surface area contributed by atoms with E-state index in [1.54, 1.807) is 6.08 Å². The summed E-state index contributed by atoms with van der Waals surface area (Å²) >= 11 is 0. The molecule has 0 saturated heterocycles. The van der Waals surface area contributed by atoms with Gasteiger partial charge < -0.3 is 5.11 Å². The third kappa shape index (κ3) is 1.38. The maximum Gasteiger partial charge on any atom is 0.0797 e. The highest BCUT2D eigenvalue weighted by atomic mass is 16.2. The van der Waals surface area contributed by atoms with Crippen LogP contribution in [-0.2, 0) is 0 Å². The predicted molar refractivity (Wildman–Crippen MR) is 42.8 cm³/mol. The molecule has 0 unspecified atom stereocenters. The van der Waals surface area contributed by atoms with E-state index in [4.69, 9.17) is 5.11 Å². The molecule has 0 radical (unpaired) electrons. The summed E-state index contributed by atoms with van der Waals surface area (Å²) in [6, 6.07) is 7.89. The van der Waals surface area contributed by atoms with Gasteiger partial charge in [-0.2, -0.15) is 0 Å². The number of aliphatic hydroxyl groups excluding tert-OH is 1. The molecule has 0 aromatic heterocycles. The Morgan fingerprint density at radius 2 is 2.00 bits per heavy atom. The van der Waals surface area contributed by atoms with Crippen LogP contribution >= 0.6 is 0 Å². The van der Waals surface area contributed by atoms with Gasteiger partial charge in [-0.25, -0.2) is 0 Å². The molecule has 1 heteroatoms. The van der Waals surface area contributed by atoms with Gasteiger partial charge in [0, 0.05) is 0 Å². The van der Waals surface area contributed by atoms with Crippen molar-refractivity contribution >= 4 is 6.08 Å². The monoisotopic (exact) mass is 134 g/mol. The summed E-state index contributed by atoms with van der Waals surface area (Å²) in [6.07, 6.45) is 2.73. The van der Waals surface area contributed by atoms with Gasteiger partial charge in [-0.3, -0.25) is 0 Å². The van der Waals surface area contributed by atoms with Crippen LogP contribution in [0.15, 0.2) is 30.5 Å². The Hall–Kier alpha value is -1.24. The van der Waals surface area contributed by atoms with Gasteiger partial charge in [0.2, 0.25) is 0 Å². The van der Waals surface area contributed by atoms with E-state index in [9.17, 15) is 0 Å². The van der Waals surface area contributed by atoms with E-state index in [0.717, 1.165) is 11.8 Å². The number of rotatable bonds is 1. The second kappa shape index (κ2) is 3.06. The third-order valence-electron chi connectivity index (χ3n) is 1.44. The average Bonchev–Trinajstić information content (AvgIpc) is 1.94. The van der Waals surface area contributed by atoms with Crippen molar-refractivity contribution in [2.24, 2.45) is 0 Å². The topological polar surface area (TPSA) is 20.2 Å². The van der Waals surface area contributed by atoms with E-state index < -0.39 is 0 Å². The molecule has 0 heterocycles. The molecule has 0 amide bonds. The van der Waals surface area contributed by atoms with Crippen LogP contribution < -0.4 is 0 Å². The van der Waals surface area contributed by atoms with Crippen molar-refractivity contribution in [2.45, 2.75) is 6.92 Å². The maximum absolute atomic E-state index is 8.46. The smallest absolute Gasteiger partial charge is 0.0797 e. The first-order valence-electron chi connectivity index (χ1n) is 3.21. The average molecular weight is 134 g/mol. The maximum atomic E-state index is 8.46. The van der Waals surface area contributed by atoms with Gasteiger partial charge in [0.1, 0.15) is 0 Å². The van der Waals surface area contributed by atoms with Crippen molar-refractivity contribution in [1.82, 2.24) is 0 Å². The Labute approximate surface area is 60.6 Å². The molecule has 0 bridgehead atoms. The molecule has 1 nitrogen and oxygen atoms in total. The summed E-state index contributed by atoms with van der Waals surface area (Å²) in [7, 11) is 0. The number of hydrogen-bond acceptors (Lipinski definition) is 1. The van der Waals surface area contributed by atoms with Gasteiger partial charge in [0.25, 0.3) is 0 Å². The molecule has 0 saturated carbocycles. The molecule has 0 spiro atoms. The molecule has 0 fully saturated rings. The van der Waals surface area contributed by atoms with Crippen LogP contribution in [-0.4, -0.2) is 5.11 Å². The zero-order valence-corrected chi connectivity index (χ0v) is 5.91. The van der Waals surface area contributed by atoms with Crippen LogP contribution in [0.3, 0.4) is 0 Å². The molecule has 0 aliphatic rings. The van der Waals surface area contributed by atoms with E-state index in [-0.39, 0.29) is 0 Å². The van der Waals surface area contributed by atoms with E-state index in [1.165, 1.54) is 5.56 Å². The minimum Gasteiger partial charge on any atom is -0.516 e. The fourth-order valence-corrected chi connectivity index (χ4v) is 0.854. The van der Waals surface area contributed by atoms with E-state index in [1.807, 2.05) is 31.2 Å². The third-order valence-corrected chi connectivity index (χ3v) is 1.44. The van der Waals surface area contributed by atoms with E-state index >= 15 is 0 Å². The lowest BCUT2D eigenvalue weighted by Gasteiger charge is -1.95. The van der Waals surface area contributed by atoms with Crippen LogP contribution in [0.1, 0.15) is 11.1 Å². The minimum atomic E-state index is 1.06. The van der Waals surface area contributed by atoms with Crippen LogP contribution in [0.25, 0.3) is 6.08 Å². The number of aryl methyl sites for hydroxylation is 1. The van der Waals surface area contributed by atoms with Crippen LogP contribution in [0, 0.1) is 6.92 Å². The largest absolute Gasteiger partial charge is 0.516 e. The first-order chi connectivity index (χ1) is 4.84. The Bertz CT molecular complexity index is 238. The zero-order valence-electron chi connectivity index (χ0n) is 5.91. The number of hydrogen-bond donors (Lipinski definition) is 1.